The van der Waals surface area contributed by atoms with Gasteiger partial charge >= 0.3 is 0 Å². The summed E-state index contributed by atoms with van der Waals surface area (Å²) in [6.07, 6.45) is 0.0462. The molecule has 0 saturated heterocycles. The monoisotopic (exact) mass is 376 g/mol. The van der Waals surface area contributed by atoms with Crippen molar-refractivity contribution in [3.63, 3.8) is 0 Å². The van der Waals surface area contributed by atoms with Crippen LogP contribution in [0.3, 0.4) is 0 Å². The van der Waals surface area contributed by atoms with Gasteiger partial charge in [-0.15, -0.1) is 0 Å². The first-order chi connectivity index (χ1) is 12.3. The van der Waals surface area contributed by atoms with Crippen LogP contribution in [0.25, 0.3) is 0 Å². The molecule has 0 aromatic heterocycles. The highest BCUT2D eigenvalue weighted by Crippen LogP contribution is 2.26. The standard InChI is InChI=1S/C19H24N2O4S/c1-14-9-10-18(25-3)17(13-14)15(2)21-19(22)11-12-20-26(23,24)16-7-5-4-6-8-16/h4-10,13,15,20H,11-12H2,1-3H3,(H,21,22). The summed E-state index contributed by atoms with van der Waals surface area (Å²) in [5.41, 5.74) is 1.95. The number of sulfonamides is 1. The molecular weight excluding hydrogens is 352 g/mol. The van der Waals surface area contributed by atoms with Gasteiger partial charge in [0.1, 0.15) is 5.75 Å². The number of carbonyl (C=O) groups excluding carboxylic acids is 1. The summed E-state index contributed by atoms with van der Waals surface area (Å²) in [5.74, 6) is 0.463. The second-order valence-corrected chi connectivity index (χ2v) is 7.76. The summed E-state index contributed by atoms with van der Waals surface area (Å²) in [6.45, 7) is 3.86. The first kappa shape index (κ1) is 19.9. The summed E-state index contributed by atoms with van der Waals surface area (Å²) in [5, 5.41) is 2.87. The Morgan fingerprint density at radius 3 is 2.50 bits per heavy atom. The summed E-state index contributed by atoms with van der Waals surface area (Å²) < 4.78 is 32.0. The van der Waals surface area contributed by atoms with Crippen molar-refractivity contribution in [3.05, 3.63) is 59.7 Å². The van der Waals surface area contributed by atoms with E-state index in [1.54, 1.807) is 25.3 Å². The number of rotatable bonds is 8. The molecule has 0 fully saturated rings. The van der Waals surface area contributed by atoms with Gasteiger partial charge in [0.25, 0.3) is 0 Å². The summed E-state index contributed by atoms with van der Waals surface area (Å²) >= 11 is 0. The molecule has 0 spiro atoms. The molecule has 2 rings (SSSR count). The van der Waals surface area contributed by atoms with Gasteiger partial charge in [0.15, 0.2) is 0 Å². The smallest absolute Gasteiger partial charge is 0.240 e. The van der Waals surface area contributed by atoms with Gasteiger partial charge in [-0.05, 0) is 32.0 Å². The predicted octanol–water partition coefficient (Wildman–Crippen LogP) is 2.55. The Kier molecular flexibility index (Phi) is 6.76. The Balaban J connectivity index is 1.90. The SMILES string of the molecule is COc1ccc(C)cc1C(C)NC(=O)CCNS(=O)(=O)c1ccccc1. The van der Waals surface area contributed by atoms with Crippen molar-refractivity contribution in [2.24, 2.45) is 0 Å². The van der Waals surface area contributed by atoms with Crippen molar-refractivity contribution in [2.45, 2.75) is 31.2 Å². The molecule has 0 aliphatic heterocycles. The third-order valence-corrected chi connectivity index (χ3v) is 5.40. The van der Waals surface area contributed by atoms with Crippen LogP contribution in [0.4, 0.5) is 0 Å². The number of aryl methyl sites for hydroxylation is 1. The number of ether oxygens (including phenoxy) is 1. The number of amides is 1. The molecule has 1 atom stereocenters. The van der Waals surface area contributed by atoms with Crippen LogP contribution in [-0.4, -0.2) is 28.0 Å². The Labute approximate surface area is 154 Å². The van der Waals surface area contributed by atoms with Crippen molar-refractivity contribution in [1.82, 2.24) is 10.0 Å². The third-order valence-electron chi connectivity index (χ3n) is 3.93. The minimum Gasteiger partial charge on any atom is -0.496 e. The van der Waals surface area contributed by atoms with Crippen LogP contribution in [0.5, 0.6) is 5.75 Å². The lowest BCUT2D eigenvalue weighted by Gasteiger charge is -2.18. The van der Waals surface area contributed by atoms with Crippen molar-refractivity contribution in [2.75, 3.05) is 13.7 Å². The molecule has 7 heteroatoms. The fourth-order valence-corrected chi connectivity index (χ4v) is 3.62. The Morgan fingerprint density at radius 2 is 1.85 bits per heavy atom. The zero-order valence-corrected chi connectivity index (χ0v) is 16.0. The van der Waals surface area contributed by atoms with E-state index in [-0.39, 0.29) is 29.8 Å². The molecule has 2 aromatic carbocycles. The van der Waals surface area contributed by atoms with Gasteiger partial charge in [0, 0.05) is 18.5 Å². The lowest BCUT2D eigenvalue weighted by Crippen LogP contribution is -2.32. The van der Waals surface area contributed by atoms with Gasteiger partial charge in [-0.25, -0.2) is 13.1 Å². The predicted molar refractivity (Wildman–Crippen MR) is 101 cm³/mol. The lowest BCUT2D eigenvalue weighted by atomic mass is 10.0. The minimum atomic E-state index is -3.60. The van der Waals surface area contributed by atoms with Gasteiger partial charge in [-0.3, -0.25) is 4.79 Å². The molecule has 0 saturated carbocycles. The average molecular weight is 376 g/mol. The van der Waals surface area contributed by atoms with Crippen LogP contribution in [0.1, 0.15) is 30.5 Å². The molecule has 0 radical (unpaired) electrons. The zero-order valence-electron chi connectivity index (χ0n) is 15.2. The van der Waals surface area contributed by atoms with Crippen LogP contribution in [-0.2, 0) is 14.8 Å². The third kappa shape index (κ3) is 5.31. The lowest BCUT2D eigenvalue weighted by molar-refractivity contribution is -0.121. The highest BCUT2D eigenvalue weighted by molar-refractivity contribution is 7.89. The van der Waals surface area contributed by atoms with E-state index in [0.29, 0.717) is 5.75 Å². The maximum atomic E-state index is 12.1. The van der Waals surface area contributed by atoms with E-state index in [2.05, 4.69) is 10.0 Å². The van der Waals surface area contributed by atoms with Crippen LogP contribution in [0, 0.1) is 6.92 Å². The van der Waals surface area contributed by atoms with E-state index >= 15 is 0 Å². The topological polar surface area (TPSA) is 84.5 Å². The van der Waals surface area contributed by atoms with Gasteiger partial charge in [-0.2, -0.15) is 0 Å². The number of nitrogens with one attached hydrogen (secondary N) is 2. The fraction of sp³-hybridized carbons (Fsp3) is 0.316. The molecule has 1 amide bonds. The highest BCUT2D eigenvalue weighted by Gasteiger charge is 2.16. The molecule has 0 bridgehead atoms. The van der Waals surface area contributed by atoms with E-state index in [1.807, 2.05) is 32.0 Å². The second-order valence-electron chi connectivity index (χ2n) is 6.00. The molecule has 140 valence electrons. The van der Waals surface area contributed by atoms with E-state index < -0.39 is 10.0 Å². The van der Waals surface area contributed by atoms with Gasteiger partial charge in [-0.1, -0.05) is 35.9 Å². The Morgan fingerprint density at radius 1 is 1.15 bits per heavy atom. The van der Waals surface area contributed by atoms with Crippen LogP contribution in [0.15, 0.2) is 53.4 Å². The Hall–Kier alpha value is -2.38. The molecule has 0 aliphatic carbocycles. The number of benzene rings is 2. The van der Waals surface area contributed by atoms with Crippen LogP contribution >= 0.6 is 0 Å². The molecule has 2 aromatic rings. The van der Waals surface area contributed by atoms with Crippen LogP contribution < -0.4 is 14.8 Å². The van der Waals surface area contributed by atoms with Crippen molar-refractivity contribution in [1.29, 1.82) is 0 Å². The molecule has 6 nitrogen and oxygen atoms in total. The van der Waals surface area contributed by atoms with Gasteiger partial charge in [0.05, 0.1) is 18.0 Å². The van der Waals surface area contributed by atoms with Crippen molar-refractivity contribution < 1.29 is 17.9 Å². The summed E-state index contributed by atoms with van der Waals surface area (Å²) in [4.78, 5) is 12.3. The maximum Gasteiger partial charge on any atom is 0.240 e. The minimum absolute atomic E-state index is 0.0285. The van der Waals surface area contributed by atoms with Crippen LogP contribution in [0.2, 0.25) is 0 Å². The molecule has 0 heterocycles. The number of carbonyl (C=O) groups is 1. The van der Waals surface area contributed by atoms with Gasteiger partial charge in [0.2, 0.25) is 15.9 Å². The maximum absolute atomic E-state index is 12.1. The fourth-order valence-electron chi connectivity index (χ4n) is 2.57. The molecular formula is C19H24N2O4S. The van der Waals surface area contributed by atoms with Crippen molar-refractivity contribution in [3.8, 4) is 5.75 Å². The normalized spacial score (nSPS) is 12.4. The average Bonchev–Trinajstić information content (AvgIpc) is 2.62. The number of methoxy groups -OCH3 is 1. The zero-order chi connectivity index (χ0) is 19.2. The largest absolute Gasteiger partial charge is 0.496 e. The number of hydrogen-bond acceptors (Lipinski definition) is 4. The molecule has 26 heavy (non-hydrogen) atoms. The summed E-state index contributed by atoms with van der Waals surface area (Å²) in [7, 11) is -2.02. The first-order valence-corrected chi connectivity index (χ1v) is 9.80. The van der Waals surface area contributed by atoms with Crippen molar-refractivity contribution >= 4 is 15.9 Å². The molecule has 1 unspecified atom stereocenters. The molecule has 2 N–H and O–H groups in total. The van der Waals surface area contributed by atoms with E-state index in [4.69, 9.17) is 4.74 Å². The van der Waals surface area contributed by atoms with E-state index in [1.165, 1.54) is 12.1 Å². The quantitative estimate of drug-likeness (QED) is 0.741. The van der Waals surface area contributed by atoms with Gasteiger partial charge < -0.3 is 10.1 Å². The second kappa shape index (κ2) is 8.82. The van der Waals surface area contributed by atoms with E-state index in [0.717, 1.165) is 11.1 Å². The number of hydrogen-bond donors (Lipinski definition) is 2. The highest BCUT2D eigenvalue weighted by atomic mass is 32.2. The first-order valence-electron chi connectivity index (χ1n) is 8.32. The molecule has 0 aliphatic rings. The summed E-state index contributed by atoms with van der Waals surface area (Å²) in [6, 6.07) is 13.6. The Bertz CT molecular complexity index is 851. The van der Waals surface area contributed by atoms with E-state index in [9.17, 15) is 13.2 Å².